The first kappa shape index (κ1) is 22.2. The number of hydrogen-bond acceptors (Lipinski definition) is 4. The van der Waals surface area contributed by atoms with Gasteiger partial charge in [-0.2, -0.15) is 0 Å². The molecular formula is C18H24IN5OS. The van der Waals surface area contributed by atoms with E-state index in [1.807, 2.05) is 25.1 Å². The third kappa shape index (κ3) is 9.04. The zero-order valence-electron chi connectivity index (χ0n) is 14.6. The minimum absolute atomic E-state index is 0. The molecule has 0 unspecified atom stereocenters. The zero-order valence-corrected chi connectivity index (χ0v) is 17.8. The van der Waals surface area contributed by atoms with Gasteiger partial charge in [0.25, 0.3) is 0 Å². The fraction of sp³-hybridized carbons (Fsp3) is 0.278. The van der Waals surface area contributed by atoms with Gasteiger partial charge in [0.15, 0.2) is 5.96 Å². The summed E-state index contributed by atoms with van der Waals surface area (Å²) in [4.78, 5) is 21.4. The second-order valence-electron chi connectivity index (χ2n) is 5.07. The summed E-state index contributed by atoms with van der Waals surface area (Å²) in [5.74, 6) is 1.37. The van der Waals surface area contributed by atoms with Crippen LogP contribution in [0.4, 0.5) is 5.69 Å². The molecule has 0 radical (unpaired) electrons. The molecule has 0 aliphatic rings. The van der Waals surface area contributed by atoms with Crippen molar-refractivity contribution in [2.45, 2.75) is 11.8 Å². The van der Waals surface area contributed by atoms with Crippen LogP contribution in [0.15, 0.2) is 64.7 Å². The van der Waals surface area contributed by atoms with Gasteiger partial charge in [-0.15, -0.1) is 35.7 Å². The summed E-state index contributed by atoms with van der Waals surface area (Å²) in [5, 5.41) is 9.13. The largest absolute Gasteiger partial charge is 0.357 e. The van der Waals surface area contributed by atoms with Crippen molar-refractivity contribution < 1.29 is 4.79 Å². The minimum Gasteiger partial charge on any atom is -0.357 e. The third-order valence-corrected chi connectivity index (χ3v) is 4.09. The number of aliphatic imine (C=N–C) groups is 1. The second-order valence-corrected chi connectivity index (χ2v) is 6.24. The molecule has 0 fully saturated rings. The number of nitrogens with one attached hydrogen (secondary N) is 3. The summed E-state index contributed by atoms with van der Waals surface area (Å²) in [5.41, 5.74) is 0.667. The van der Waals surface area contributed by atoms with E-state index in [4.69, 9.17) is 0 Å². The summed E-state index contributed by atoms with van der Waals surface area (Å²) >= 11 is 1.78. The first-order valence-corrected chi connectivity index (χ1v) is 9.16. The van der Waals surface area contributed by atoms with Crippen LogP contribution in [-0.2, 0) is 4.79 Å². The van der Waals surface area contributed by atoms with Crippen molar-refractivity contribution in [2.75, 3.05) is 30.7 Å². The minimum atomic E-state index is -0.177. The van der Waals surface area contributed by atoms with Crippen LogP contribution >= 0.6 is 35.7 Å². The predicted molar refractivity (Wildman–Crippen MR) is 119 cm³/mol. The Labute approximate surface area is 175 Å². The lowest BCUT2D eigenvalue weighted by Gasteiger charge is -2.11. The lowest BCUT2D eigenvalue weighted by atomic mass is 10.4. The van der Waals surface area contributed by atoms with E-state index in [-0.39, 0.29) is 36.4 Å². The number of thioether (sulfide) groups is 1. The van der Waals surface area contributed by atoms with Crippen molar-refractivity contribution in [3.8, 4) is 0 Å². The van der Waals surface area contributed by atoms with Crippen LogP contribution in [0.5, 0.6) is 0 Å². The summed E-state index contributed by atoms with van der Waals surface area (Å²) in [6.07, 6.45) is 3.26. The molecule has 6 nitrogen and oxygen atoms in total. The van der Waals surface area contributed by atoms with Gasteiger partial charge < -0.3 is 16.0 Å². The molecule has 0 saturated heterocycles. The highest BCUT2D eigenvalue weighted by molar-refractivity contribution is 14.0. The Morgan fingerprint density at radius 2 is 1.96 bits per heavy atom. The van der Waals surface area contributed by atoms with Crippen molar-refractivity contribution in [3.05, 3.63) is 54.9 Å². The standard InChI is InChI=1S/C18H23N5OS.HI/c1-2-20-18(21-11-12-25-16-8-4-3-5-9-16)22-14-17(24)23-15-7-6-10-19-13-15;/h3-10,13H,2,11-12,14H2,1H3,(H,23,24)(H2,20,21,22);1H. The van der Waals surface area contributed by atoms with E-state index in [0.717, 1.165) is 18.8 Å². The van der Waals surface area contributed by atoms with E-state index in [2.05, 4.69) is 38.1 Å². The molecule has 3 N–H and O–H groups in total. The molecular weight excluding hydrogens is 461 g/mol. The molecule has 2 rings (SSSR count). The maximum Gasteiger partial charge on any atom is 0.246 e. The number of anilines is 1. The van der Waals surface area contributed by atoms with E-state index in [1.54, 1.807) is 36.3 Å². The van der Waals surface area contributed by atoms with Crippen LogP contribution in [0.3, 0.4) is 0 Å². The number of pyridine rings is 1. The molecule has 1 aromatic heterocycles. The lowest BCUT2D eigenvalue weighted by molar-refractivity contribution is -0.114. The number of carbonyl (C=O) groups excluding carboxylic acids is 1. The molecule has 0 saturated carbocycles. The molecule has 26 heavy (non-hydrogen) atoms. The van der Waals surface area contributed by atoms with Crippen molar-refractivity contribution in [1.29, 1.82) is 0 Å². The number of amides is 1. The topological polar surface area (TPSA) is 78.4 Å². The molecule has 0 spiro atoms. The first-order chi connectivity index (χ1) is 12.3. The number of hydrogen-bond donors (Lipinski definition) is 3. The van der Waals surface area contributed by atoms with E-state index >= 15 is 0 Å². The van der Waals surface area contributed by atoms with Crippen molar-refractivity contribution in [1.82, 2.24) is 15.6 Å². The van der Waals surface area contributed by atoms with Crippen LogP contribution in [0.2, 0.25) is 0 Å². The highest BCUT2D eigenvalue weighted by Crippen LogP contribution is 2.15. The van der Waals surface area contributed by atoms with Gasteiger partial charge in [0, 0.05) is 29.9 Å². The Morgan fingerprint density at radius 1 is 1.15 bits per heavy atom. The Balaban J connectivity index is 0.00000338. The molecule has 1 amide bonds. The Hall–Kier alpha value is -1.81. The van der Waals surface area contributed by atoms with Crippen LogP contribution in [0.1, 0.15) is 6.92 Å². The van der Waals surface area contributed by atoms with Crippen LogP contribution in [-0.4, -0.2) is 42.2 Å². The van der Waals surface area contributed by atoms with Gasteiger partial charge in [-0.1, -0.05) is 18.2 Å². The highest BCUT2D eigenvalue weighted by atomic mass is 127. The van der Waals surface area contributed by atoms with Crippen molar-refractivity contribution in [2.24, 2.45) is 4.99 Å². The number of benzene rings is 1. The molecule has 8 heteroatoms. The fourth-order valence-corrected chi connectivity index (χ4v) is 2.77. The quantitative estimate of drug-likeness (QED) is 0.176. The number of carbonyl (C=O) groups is 1. The molecule has 0 atom stereocenters. The Bertz CT molecular complexity index is 670. The van der Waals surface area contributed by atoms with Gasteiger partial charge in [-0.05, 0) is 31.2 Å². The Morgan fingerprint density at radius 3 is 2.65 bits per heavy atom. The monoisotopic (exact) mass is 485 g/mol. The van der Waals surface area contributed by atoms with E-state index < -0.39 is 0 Å². The zero-order chi connectivity index (χ0) is 17.7. The average Bonchev–Trinajstić information content (AvgIpc) is 2.65. The number of nitrogens with zero attached hydrogens (tertiary/aromatic N) is 2. The smallest absolute Gasteiger partial charge is 0.246 e. The molecule has 0 aliphatic heterocycles. The van der Waals surface area contributed by atoms with Gasteiger partial charge in [-0.3, -0.25) is 9.78 Å². The molecule has 0 bridgehead atoms. The van der Waals surface area contributed by atoms with Gasteiger partial charge in [0.2, 0.25) is 5.91 Å². The number of rotatable bonds is 8. The summed E-state index contributed by atoms with van der Waals surface area (Å²) in [6, 6.07) is 13.8. The second kappa shape index (κ2) is 13.4. The average molecular weight is 485 g/mol. The van der Waals surface area contributed by atoms with Crippen molar-refractivity contribution >= 4 is 53.3 Å². The molecule has 1 heterocycles. The maximum atomic E-state index is 11.9. The van der Waals surface area contributed by atoms with Crippen molar-refractivity contribution in [3.63, 3.8) is 0 Å². The Kier molecular flexibility index (Phi) is 11.5. The van der Waals surface area contributed by atoms with Gasteiger partial charge in [0.05, 0.1) is 11.9 Å². The molecule has 140 valence electrons. The predicted octanol–water partition coefficient (Wildman–Crippen LogP) is 2.99. The van der Waals surface area contributed by atoms with E-state index in [9.17, 15) is 4.79 Å². The maximum absolute atomic E-state index is 11.9. The van der Waals surface area contributed by atoms with Crippen LogP contribution in [0.25, 0.3) is 0 Å². The van der Waals surface area contributed by atoms with Crippen LogP contribution < -0.4 is 16.0 Å². The molecule has 0 aliphatic carbocycles. The molecule has 1 aromatic carbocycles. The summed E-state index contributed by atoms with van der Waals surface area (Å²) in [6.45, 7) is 3.54. The summed E-state index contributed by atoms with van der Waals surface area (Å²) in [7, 11) is 0. The SMILES string of the molecule is CCNC(=NCC(=O)Nc1cccnc1)NCCSc1ccccc1.I. The number of aromatic nitrogens is 1. The normalized spacial score (nSPS) is 10.6. The number of halogens is 1. The first-order valence-electron chi connectivity index (χ1n) is 8.18. The fourth-order valence-electron chi connectivity index (χ4n) is 1.98. The van der Waals surface area contributed by atoms with Crippen LogP contribution in [0, 0.1) is 0 Å². The number of guanidine groups is 1. The summed E-state index contributed by atoms with van der Waals surface area (Å²) < 4.78 is 0. The van der Waals surface area contributed by atoms with E-state index in [1.165, 1.54) is 4.90 Å². The third-order valence-electron chi connectivity index (χ3n) is 3.08. The van der Waals surface area contributed by atoms with Gasteiger partial charge >= 0.3 is 0 Å². The van der Waals surface area contributed by atoms with Gasteiger partial charge in [0.1, 0.15) is 6.54 Å². The van der Waals surface area contributed by atoms with Gasteiger partial charge in [-0.25, -0.2) is 4.99 Å². The van der Waals surface area contributed by atoms with E-state index in [0.29, 0.717) is 11.6 Å². The molecule has 2 aromatic rings. The lowest BCUT2D eigenvalue weighted by Crippen LogP contribution is -2.39. The highest BCUT2D eigenvalue weighted by Gasteiger charge is 2.03.